The van der Waals surface area contributed by atoms with E-state index in [1.807, 2.05) is 32.6 Å². The number of piperidine rings is 1. The van der Waals surface area contributed by atoms with E-state index < -0.39 is 17.8 Å². The van der Waals surface area contributed by atoms with Crippen LogP contribution in [0.1, 0.15) is 63.7 Å². The maximum absolute atomic E-state index is 13.2. The Labute approximate surface area is 178 Å². The van der Waals surface area contributed by atoms with E-state index in [-0.39, 0.29) is 23.8 Å². The fraction of sp³-hybridized carbons (Fsp3) is 0.609. The summed E-state index contributed by atoms with van der Waals surface area (Å²) >= 11 is 0. The normalized spacial score (nSPS) is 16.8. The molecule has 0 spiro atoms. The maximum atomic E-state index is 13.2. The Morgan fingerprint density at radius 1 is 1.07 bits per heavy atom. The molecule has 0 bridgehead atoms. The summed E-state index contributed by atoms with van der Waals surface area (Å²) in [5, 5.41) is 5.81. The quantitative estimate of drug-likeness (QED) is 0.680. The molecule has 7 heteroatoms. The largest absolute Gasteiger partial charge is 0.352 e. The van der Waals surface area contributed by atoms with E-state index in [4.69, 9.17) is 0 Å². The lowest BCUT2D eigenvalue weighted by Crippen LogP contribution is -2.55. The Bertz CT molecular complexity index is 728. The topological polar surface area (TPSA) is 78.5 Å². The Morgan fingerprint density at radius 3 is 2.20 bits per heavy atom. The molecule has 2 unspecified atom stereocenters. The second kappa shape index (κ2) is 11.1. The smallest absolute Gasteiger partial charge is 0.251 e. The molecule has 0 aromatic heterocycles. The molecular weight excluding hydrogens is 385 g/mol. The van der Waals surface area contributed by atoms with Crippen LogP contribution in [0.3, 0.4) is 0 Å². The number of benzene rings is 1. The first-order valence-electron chi connectivity index (χ1n) is 10.9. The predicted octanol–water partition coefficient (Wildman–Crippen LogP) is 3.12. The van der Waals surface area contributed by atoms with Crippen LogP contribution in [0.5, 0.6) is 0 Å². The number of amides is 3. The molecule has 6 nitrogen and oxygen atoms in total. The van der Waals surface area contributed by atoms with Crippen molar-refractivity contribution in [2.24, 2.45) is 11.8 Å². The van der Waals surface area contributed by atoms with Crippen molar-refractivity contribution < 1.29 is 18.8 Å². The van der Waals surface area contributed by atoms with Gasteiger partial charge in [0.05, 0.1) is 0 Å². The highest BCUT2D eigenvalue weighted by molar-refractivity contribution is 5.97. The molecule has 2 rings (SSSR count). The lowest BCUT2D eigenvalue weighted by atomic mass is 9.88. The van der Waals surface area contributed by atoms with Gasteiger partial charge in [0.15, 0.2) is 0 Å². The van der Waals surface area contributed by atoms with Crippen LogP contribution in [-0.4, -0.2) is 47.8 Å². The van der Waals surface area contributed by atoms with Crippen molar-refractivity contribution in [1.29, 1.82) is 0 Å². The monoisotopic (exact) mass is 419 g/mol. The van der Waals surface area contributed by atoms with Crippen LogP contribution in [0.4, 0.5) is 4.39 Å². The Hall–Kier alpha value is -2.44. The summed E-state index contributed by atoms with van der Waals surface area (Å²) in [6.07, 6.45) is 2.59. The second-order valence-corrected chi connectivity index (χ2v) is 8.59. The van der Waals surface area contributed by atoms with Gasteiger partial charge in [-0.1, -0.05) is 20.8 Å². The molecule has 0 saturated carbocycles. The van der Waals surface area contributed by atoms with Gasteiger partial charge in [0.25, 0.3) is 5.91 Å². The molecule has 1 saturated heterocycles. The van der Waals surface area contributed by atoms with Crippen LogP contribution in [0.25, 0.3) is 0 Å². The van der Waals surface area contributed by atoms with Crippen molar-refractivity contribution in [3.05, 3.63) is 35.6 Å². The minimum atomic E-state index is -0.695. The van der Waals surface area contributed by atoms with Gasteiger partial charge >= 0.3 is 0 Å². The van der Waals surface area contributed by atoms with Gasteiger partial charge in [-0.3, -0.25) is 14.4 Å². The Kier molecular flexibility index (Phi) is 8.81. The third-order valence-corrected chi connectivity index (χ3v) is 5.62. The third-order valence-electron chi connectivity index (χ3n) is 5.62. The molecule has 1 aromatic carbocycles. The van der Waals surface area contributed by atoms with Crippen LogP contribution in [0, 0.1) is 17.7 Å². The standard InChI is InChI=1S/C23H34FN3O3/c1-5-16(4)25-23(30)21(26-22(29)18-6-8-19(24)9-7-18)17-10-12-27(13-11-17)20(28)14-15(2)3/h6-9,15-17,21H,5,10-14H2,1-4H3,(H,25,30)(H,26,29). The van der Waals surface area contributed by atoms with Gasteiger partial charge in [-0.2, -0.15) is 0 Å². The number of nitrogens with one attached hydrogen (secondary N) is 2. The first kappa shape index (κ1) is 23.8. The van der Waals surface area contributed by atoms with Crippen molar-refractivity contribution in [3.63, 3.8) is 0 Å². The van der Waals surface area contributed by atoms with E-state index in [9.17, 15) is 18.8 Å². The molecule has 166 valence electrons. The molecule has 2 atom stereocenters. The molecule has 3 amide bonds. The maximum Gasteiger partial charge on any atom is 0.251 e. The number of rotatable bonds is 8. The van der Waals surface area contributed by atoms with E-state index >= 15 is 0 Å². The van der Waals surface area contributed by atoms with E-state index in [2.05, 4.69) is 10.6 Å². The van der Waals surface area contributed by atoms with Crippen LogP contribution in [-0.2, 0) is 9.59 Å². The fourth-order valence-electron chi connectivity index (χ4n) is 3.62. The fourth-order valence-corrected chi connectivity index (χ4v) is 3.62. The molecule has 1 aliphatic heterocycles. The first-order chi connectivity index (χ1) is 14.2. The van der Waals surface area contributed by atoms with Crippen molar-refractivity contribution in [1.82, 2.24) is 15.5 Å². The minimum Gasteiger partial charge on any atom is -0.352 e. The van der Waals surface area contributed by atoms with Crippen LogP contribution >= 0.6 is 0 Å². The summed E-state index contributed by atoms with van der Waals surface area (Å²) in [4.78, 5) is 39.8. The SMILES string of the molecule is CCC(C)NC(=O)C(NC(=O)c1ccc(F)cc1)C1CCN(C(=O)CC(C)C)CC1. The highest BCUT2D eigenvalue weighted by Gasteiger charge is 2.34. The van der Waals surface area contributed by atoms with Gasteiger partial charge in [-0.25, -0.2) is 4.39 Å². The zero-order valence-corrected chi connectivity index (χ0v) is 18.4. The van der Waals surface area contributed by atoms with Crippen LogP contribution < -0.4 is 10.6 Å². The number of carbonyl (C=O) groups excluding carboxylic acids is 3. The molecule has 1 fully saturated rings. The van der Waals surface area contributed by atoms with Gasteiger partial charge in [-0.15, -0.1) is 0 Å². The molecule has 0 aliphatic carbocycles. The van der Waals surface area contributed by atoms with Gasteiger partial charge in [0.2, 0.25) is 11.8 Å². The summed E-state index contributed by atoms with van der Waals surface area (Å²) < 4.78 is 13.2. The first-order valence-corrected chi connectivity index (χ1v) is 10.9. The summed E-state index contributed by atoms with van der Waals surface area (Å²) in [6, 6.07) is 4.56. The average Bonchev–Trinajstić information content (AvgIpc) is 2.71. The molecule has 2 N–H and O–H groups in total. The zero-order valence-electron chi connectivity index (χ0n) is 18.4. The Morgan fingerprint density at radius 2 is 1.67 bits per heavy atom. The third kappa shape index (κ3) is 6.82. The van der Waals surface area contributed by atoms with Gasteiger partial charge < -0.3 is 15.5 Å². The van der Waals surface area contributed by atoms with Crippen molar-refractivity contribution >= 4 is 17.7 Å². The summed E-state index contributed by atoms with van der Waals surface area (Å²) in [6.45, 7) is 9.10. The zero-order chi connectivity index (χ0) is 22.3. The van der Waals surface area contributed by atoms with Gasteiger partial charge in [0, 0.05) is 31.1 Å². The molecule has 0 radical (unpaired) electrons. The summed E-state index contributed by atoms with van der Waals surface area (Å²) in [5.74, 6) is -0.666. The predicted molar refractivity (Wildman–Crippen MR) is 114 cm³/mol. The minimum absolute atomic E-state index is 0.00423. The number of hydrogen-bond acceptors (Lipinski definition) is 3. The van der Waals surface area contributed by atoms with E-state index in [0.29, 0.717) is 43.8 Å². The van der Waals surface area contributed by atoms with Crippen molar-refractivity contribution in [2.75, 3.05) is 13.1 Å². The Balaban J connectivity index is 2.08. The number of halogens is 1. The van der Waals surface area contributed by atoms with Crippen LogP contribution in [0.2, 0.25) is 0 Å². The number of hydrogen-bond donors (Lipinski definition) is 2. The van der Waals surface area contributed by atoms with E-state index in [0.717, 1.165) is 6.42 Å². The molecule has 1 aliphatic rings. The second-order valence-electron chi connectivity index (χ2n) is 8.59. The summed E-state index contributed by atoms with van der Waals surface area (Å²) in [7, 11) is 0. The van der Waals surface area contributed by atoms with E-state index in [1.54, 1.807) is 0 Å². The number of nitrogens with zero attached hydrogens (tertiary/aromatic N) is 1. The van der Waals surface area contributed by atoms with Crippen LogP contribution in [0.15, 0.2) is 24.3 Å². The van der Waals surface area contributed by atoms with Gasteiger partial charge in [-0.05, 0) is 62.3 Å². The molecular formula is C23H34FN3O3. The molecule has 30 heavy (non-hydrogen) atoms. The number of likely N-dealkylation sites (tertiary alicyclic amines) is 1. The van der Waals surface area contributed by atoms with Crippen molar-refractivity contribution in [3.8, 4) is 0 Å². The molecule has 1 aromatic rings. The van der Waals surface area contributed by atoms with Gasteiger partial charge in [0.1, 0.15) is 11.9 Å². The van der Waals surface area contributed by atoms with E-state index in [1.165, 1.54) is 24.3 Å². The lowest BCUT2D eigenvalue weighted by Gasteiger charge is -2.36. The highest BCUT2D eigenvalue weighted by atomic mass is 19.1. The van der Waals surface area contributed by atoms with Crippen molar-refractivity contribution in [2.45, 2.75) is 65.5 Å². The average molecular weight is 420 g/mol. The number of carbonyl (C=O) groups is 3. The highest BCUT2D eigenvalue weighted by Crippen LogP contribution is 2.23. The molecule has 1 heterocycles. The lowest BCUT2D eigenvalue weighted by molar-refractivity contribution is -0.133. The summed E-state index contributed by atoms with van der Waals surface area (Å²) in [5.41, 5.74) is 0.308.